The number of benzene rings is 1. The van der Waals surface area contributed by atoms with Crippen molar-refractivity contribution in [3.63, 3.8) is 0 Å². The zero-order valence-electron chi connectivity index (χ0n) is 9.43. The van der Waals surface area contributed by atoms with Gasteiger partial charge in [-0.25, -0.2) is 8.78 Å². The highest BCUT2D eigenvalue weighted by molar-refractivity contribution is 9.10. The Labute approximate surface area is 103 Å². The Morgan fingerprint density at radius 1 is 1.19 bits per heavy atom. The van der Waals surface area contributed by atoms with Crippen LogP contribution >= 0.6 is 15.9 Å². The van der Waals surface area contributed by atoms with Gasteiger partial charge in [-0.3, -0.25) is 0 Å². The summed E-state index contributed by atoms with van der Waals surface area (Å²) in [6.45, 7) is 4.11. The molecule has 0 fully saturated rings. The highest BCUT2D eigenvalue weighted by atomic mass is 79.9. The topological polar surface area (TPSA) is 26.0 Å². The van der Waals surface area contributed by atoms with Crippen LogP contribution < -0.4 is 5.73 Å². The van der Waals surface area contributed by atoms with Crippen molar-refractivity contribution in [1.29, 1.82) is 0 Å². The zero-order chi connectivity index (χ0) is 12.3. The van der Waals surface area contributed by atoms with E-state index in [2.05, 4.69) is 29.8 Å². The number of hydrogen-bond donors (Lipinski definition) is 1. The monoisotopic (exact) mass is 291 g/mol. The molecule has 1 unspecified atom stereocenters. The van der Waals surface area contributed by atoms with Crippen LogP contribution in [0.2, 0.25) is 0 Å². The largest absolute Gasteiger partial charge is 0.324 e. The van der Waals surface area contributed by atoms with Crippen LogP contribution in [-0.4, -0.2) is 0 Å². The normalized spacial score (nSPS) is 13.2. The summed E-state index contributed by atoms with van der Waals surface area (Å²) < 4.78 is 27.5. The summed E-state index contributed by atoms with van der Waals surface area (Å²) in [6.07, 6.45) is 1.45. The Morgan fingerprint density at radius 3 is 2.12 bits per heavy atom. The molecule has 0 aliphatic heterocycles. The number of rotatable bonds is 4. The Balaban J connectivity index is 2.86. The second-order valence-corrected chi connectivity index (χ2v) is 5.28. The van der Waals surface area contributed by atoms with Gasteiger partial charge in [-0.1, -0.05) is 29.8 Å². The molecule has 0 aliphatic rings. The van der Waals surface area contributed by atoms with Crippen LogP contribution in [0.4, 0.5) is 8.78 Å². The number of hydrogen-bond acceptors (Lipinski definition) is 1. The van der Waals surface area contributed by atoms with E-state index in [0.29, 0.717) is 16.8 Å². The third-order valence-corrected chi connectivity index (χ3v) is 2.93. The highest BCUT2D eigenvalue weighted by Gasteiger charge is 2.17. The van der Waals surface area contributed by atoms with E-state index in [-0.39, 0.29) is 5.56 Å². The Bertz CT molecular complexity index is 343. The summed E-state index contributed by atoms with van der Waals surface area (Å²) in [6, 6.07) is 1.91. The van der Waals surface area contributed by atoms with Gasteiger partial charge in [0.15, 0.2) is 0 Å². The Hall–Kier alpha value is -0.480. The molecule has 4 heteroatoms. The number of halogens is 3. The van der Waals surface area contributed by atoms with Crippen LogP contribution in [0.15, 0.2) is 16.6 Å². The molecule has 0 spiro atoms. The molecule has 0 aliphatic carbocycles. The minimum atomic E-state index is -0.580. The van der Waals surface area contributed by atoms with Crippen LogP contribution in [0.1, 0.15) is 38.3 Å². The van der Waals surface area contributed by atoms with Crippen molar-refractivity contribution in [2.45, 2.75) is 32.7 Å². The lowest BCUT2D eigenvalue weighted by atomic mass is 9.97. The molecule has 0 saturated heterocycles. The average molecular weight is 292 g/mol. The highest BCUT2D eigenvalue weighted by Crippen LogP contribution is 2.26. The van der Waals surface area contributed by atoms with Crippen LogP contribution in [0.25, 0.3) is 0 Å². The van der Waals surface area contributed by atoms with E-state index in [9.17, 15) is 8.78 Å². The molecule has 1 rings (SSSR count). The van der Waals surface area contributed by atoms with Gasteiger partial charge in [-0.05, 0) is 30.9 Å². The van der Waals surface area contributed by atoms with Gasteiger partial charge in [0.05, 0.1) is 0 Å². The maximum atomic E-state index is 13.5. The van der Waals surface area contributed by atoms with Crippen molar-refractivity contribution in [1.82, 2.24) is 0 Å². The Morgan fingerprint density at radius 2 is 1.69 bits per heavy atom. The van der Waals surface area contributed by atoms with Gasteiger partial charge in [0.1, 0.15) is 11.6 Å². The summed E-state index contributed by atoms with van der Waals surface area (Å²) in [5, 5.41) is 0. The van der Waals surface area contributed by atoms with Crippen LogP contribution in [0, 0.1) is 17.6 Å². The molecule has 0 bridgehead atoms. The molecule has 0 saturated carbocycles. The van der Waals surface area contributed by atoms with Crippen molar-refractivity contribution < 1.29 is 8.78 Å². The van der Waals surface area contributed by atoms with E-state index in [0.717, 1.165) is 6.42 Å². The summed E-state index contributed by atoms with van der Waals surface area (Å²) in [7, 11) is 0. The van der Waals surface area contributed by atoms with Gasteiger partial charge < -0.3 is 5.73 Å². The third-order valence-electron chi connectivity index (χ3n) is 2.47. The summed E-state index contributed by atoms with van der Waals surface area (Å²) in [5.74, 6) is -0.682. The van der Waals surface area contributed by atoms with E-state index in [1.54, 1.807) is 0 Å². The molecule has 1 atom stereocenters. The fourth-order valence-corrected chi connectivity index (χ4v) is 1.97. The van der Waals surface area contributed by atoms with E-state index in [4.69, 9.17) is 5.73 Å². The molecule has 2 N–H and O–H groups in total. The van der Waals surface area contributed by atoms with Crippen LogP contribution in [0.5, 0.6) is 0 Å². The van der Waals surface area contributed by atoms with Crippen molar-refractivity contribution in [2.75, 3.05) is 0 Å². The summed E-state index contributed by atoms with van der Waals surface area (Å²) in [4.78, 5) is 0. The van der Waals surface area contributed by atoms with Gasteiger partial charge >= 0.3 is 0 Å². The molecular weight excluding hydrogens is 276 g/mol. The molecule has 0 aromatic heterocycles. The number of nitrogens with two attached hydrogens (primary N) is 1. The third kappa shape index (κ3) is 3.52. The van der Waals surface area contributed by atoms with Gasteiger partial charge in [0.25, 0.3) is 0 Å². The lowest BCUT2D eigenvalue weighted by Gasteiger charge is -2.15. The van der Waals surface area contributed by atoms with Gasteiger partial charge in [-0.15, -0.1) is 0 Å². The van der Waals surface area contributed by atoms with Gasteiger partial charge in [0, 0.05) is 16.1 Å². The standard InChI is InChI=1S/C12H16BrF2N/c1-7(2)3-4-11(16)12-9(14)5-8(13)6-10(12)15/h5-7,11H,3-4,16H2,1-2H3. The molecule has 1 aromatic carbocycles. The van der Waals surface area contributed by atoms with Crippen molar-refractivity contribution >= 4 is 15.9 Å². The van der Waals surface area contributed by atoms with Crippen LogP contribution in [-0.2, 0) is 0 Å². The second-order valence-electron chi connectivity index (χ2n) is 4.36. The molecule has 0 radical (unpaired) electrons. The van der Waals surface area contributed by atoms with Crippen molar-refractivity contribution in [2.24, 2.45) is 11.7 Å². The average Bonchev–Trinajstić information content (AvgIpc) is 2.12. The minimum absolute atomic E-state index is 0.0103. The fraction of sp³-hybridized carbons (Fsp3) is 0.500. The molecule has 1 aromatic rings. The first-order valence-corrected chi connectivity index (χ1v) is 6.11. The predicted octanol–water partition coefficient (Wildman–Crippen LogP) is 4.16. The summed E-state index contributed by atoms with van der Waals surface area (Å²) in [5.41, 5.74) is 5.79. The summed E-state index contributed by atoms with van der Waals surface area (Å²) >= 11 is 3.04. The van der Waals surface area contributed by atoms with E-state index < -0.39 is 17.7 Å². The molecule has 1 nitrogen and oxygen atoms in total. The Kier molecular flexibility index (Phi) is 4.87. The lowest BCUT2D eigenvalue weighted by molar-refractivity contribution is 0.468. The quantitative estimate of drug-likeness (QED) is 0.885. The first-order valence-electron chi connectivity index (χ1n) is 5.31. The van der Waals surface area contributed by atoms with Gasteiger partial charge in [0.2, 0.25) is 0 Å². The van der Waals surface area contributed by atoms with Crippen molar-refractivity contribution in [3.8, 4) is 0 Å². The smallest absolute Gasteiger partial charge is 0.132 e. The molecule has 0 heterocycles. The second kappa shape index (κ2) is 5.73. The maximum absolute atomic E-state index is 13.5. The fourth-order valence-electron chi connectivity index (χ4n) is 1.56. The lowest BCUT2D eigenvalue weighted by Crippen LogP contribution is -2.15. The minimum Gasteiger partial charge on any atom is -0.324 e. The zero-order valence-corrected chi connectivity index (χ0v) is 11.0. The first-order chi connectivity index (χ1) is 7.41. The molecular formula is C12H16BrF2N. The van der Waals surface area contributed by atoms with Crippen molar-refractivity contribution in [3.05, 3.63) is 33.8 Å². The van der Waals surface area contributed by atoms with E-state index in [1.807, 2.05) is 0 Å². The molecule has 90 valence electrons. The molecule has 0 amide bonds. The predicted molar refractivity (Wildman–Crippen MR) is 65.1 cm³/mol. The maximum Gasteiger partial charge on any atom is 0.132 e. The van der Waals surface area contributed by atoms with E-state index >= 15 is 0 Å². The SMILES string of the molecule is CC(C)CCC(N)c1c(F)cc(Br)cc1F. The van der Waals surface area contributed by atoms with Crippen LogP contribution in [0.3, 0.4) is 0 Å². The first kappa shape index (κ1) is 13.6. The van der Waals surface area contributed by atoms with E-state index in [1.165, 1.54) is 12.1 Å². The van der Waals surface area contributed by atoms with Gasteiger partial charge in [-0.2, -0.15) is 0 Å². The molecule has 16 heavy (non-hydrogen) atoms.